The molecule has 28 heavy (non-hydrogen) atoms. The van der Waals surface area contributed by atoms with Gasteiger partial charge in [-0.2, -0.15) is 0 Å². The highest BCUT2D eigenvalue weighted by Gasteiger charge is 2.16. The molecule has 0 bridgehead atoms. The number of amides is 1. The fourth-order valence-corrected chi connectivity index (χ4v) is 4.13. The number of rotatable bonds is 8. The van der Waals surface area contributed by atoms with Crippen molar-refractivity contribution in [2.75, 3.05) is 15.8 Å². The second-order valence-electron chi connectivity index (χ2n) is 5.98. The minimum Gasteiger partial charge on any atom is -0.360 e. The van der Waals surface area contributed by atoms with Gasteiger partial charge in [-0.15, -0.1) is 11.8 Å². The Morgan fingerprint density at radius 1 is 1.11 bits per heavy atom. The molecule has 2 aromatic carbocycles. The Kier molecular flexibility index (Phi) is 6.37. The van der Waals surface area contributed by atoms with Crippen molar-refractivity contribution in [1.82, 2.24) is 5.16 Å². The number of hydrogen-bond acceptors (Lipinski definition) is 6. The zero-order valence-corrected chi connectivity index (χ0v) is 16.7. The molecule has 1 amide bonds. The maximum absolute atomic E-state index is 12.3. The molecule has 0 spiro atoms. The molecule has 146 valence electrons. The number of sulfonamides is 1. The van der Waals surface area contributed by atoms with Crippen LogP contribution in [0.15, 0.2) is 70.1 Å². The molecule has 0 fully saturated rings. The molecule has 2 N–H and O–H groups in total. The van der Waals surface area contributed by atoms with E-state index in [1.54, 1.807) is 19.1 Å². The maximum atomic E-state index is 12.3. The Balaban J connectivity index is 1.52. The average Bonchev–Trinajstić information content (AvgIpc) is 3.07. The second-order valence-corrected chi connectivity index (χ2v) is 8.65. The van der Waals surface area contributed by atoms with E-state index in [1.807, 2.05) is 30.3 Å². The van der Waals surface area contributed by atoms with E-state index in [0.717, 1.165) is 11.3 Å². The lowest BCUT2D eigenvalue weighted by Gasteiger charge is -2.08. The molecule has 0 unspecified atom stereocenters. The van der Waals surface area contributed by atoms with Crippen LogP contribution < -0.4 is 10.0 Å². The molecular formula is C19H19N3O4S2. The van der Waals surface area contributed by atoms with Gasteiger partial charge in [0.25, 0.3) is 10.0 Å². The molecule has 0 atom stereocenters. The number of anilines is 2. The van der Waals surface area contributed by atoms with Crippen molar-refractivity contribution >= 4 is 39.2 Å². The molecule has 0 saturated carbocycles. The summed E-state index contributed by atoms with van der Waals surface area (Å²) in [5.41, 5.74) is 1.69. The fraction of sp³-hybridized carbons (Fsp3) is 0.158. The van der Waals surface area contributed by atoms with Crippen LogP contribution >= 0.6 is 11.8 Å². The number of carbonyl (C=O) groups excluding carboxylic acids is 1. The zero-order chi connectivity index (χ0) is 20.0. The van der Waals surface area contributed by atoms with Crippen molar-refractivity contribution in [3.63, 3.8) is 0 Å². The molecule has 0 aliphatic rings. The second kappa shape index (κ2) is 8.94. The van der Waals surface area contributed by atoms with E-state index >= 15 is 0 Å². The van der Waals surface area contributed by atoms with Crippen LogP contribution in [0.2, 0.25) is 0 Å². The van der Waals surface area contributed by atoms with Gasteiger partial charge in [-0.1, -0.05) is 35.5 Å². The van der Waals surface area contributed by atoms with Gasteiger partial charge in [0, 0.05) is 17.5 Å². The van der Waals surface area contributed by atoms with Crippen molar-refractivity contribution in [3.8, 4) is 0 Å². The van der Waals surface area contributed by atoms with E-state index in [9.17, 15) is 13.2 Å². The van der Waals surface area contributed by atoms with Crippen molar-refractivity contribution in [2.24, 2.45) is 0 Å². The van der Waals surface area contributed by atoms with Gasteiger partial charge in [-0.3, -0.25) is 9.52 Å². The number of carbonyl (C=O) groups is 1. The van der Waals surface area contributed by atoms with Gasteiger partial charge < -0.3 is 9.84 Å². The van der Waals surface area contributed by atoms with E-state index in [2.05, 4.69) is 15.2 Å². The lowest BCUT2D eigenvalue weighted by Crippen LogP contribution is -2.15. The highest BCUT2D eigenvalue weighted by molar-refractivity contribution is 7.99. The molecule has 0 aliphatic carbocycles. The Bertz CT molecular complexity index is 1030. The summed E-state index contributed by atoms with van der Waals surface area (Å²) >= 11 is 1.51. The molecule has 3 rings (SSSR count). The Morgan fingerprint density at radius 2 is 1.82 bits per heavy atom. The largest absolute Gasteiger partial charge is 0.360 e. The van der Waals surface area contributed by atoms with E-state index < -0.39 is 10.0 Å². The maximum Gasteiger partial charge on any atom is 0.263 e. The third kappa shape index (κ3) is 5.61. The Labute approximate surface area is 167 Å². The van der Waals surface area contributed by atoms with Crippen LogP contribution in [0.4, 0.5) is 11.5 Å². The predicted molar refractivity (Wildman–Crippen MR) is 110 cm³/mol. The Morgan fingerprint density at radius 3 is 2.46 bits per heavy atom. The zero-order valence-electron chi connectivity index (χ0n) is 15.1. The first-order chi connectivity index (χ1) is 13.4. The van der Waals surface area contributed by atoms with Crippen LogP contribution in [0.3, 0.4) is 0 Å². The van der Waals surface area contributed by atoms with E-state index in [-0.39, 0.29) is 16.6 Å². The van der Waals surface area contributed by atoms with Gasteiger partial charge in [-0.25, -0.2) is 8.42 Å². The smallest absolute Gasteiger partial charge is 0.263 e. The number of hydrogen-bond donors (Lipinski definition) is 2. The summed E-state index contributed by atoms with van der Waals surface area (Å²) in [6.07, 6.45) is 0. The van der Waals surface area contributed by atoms with Crippen molar-refractivity contribution < 1.29 is 17.7 Å². The fourth-order valence-electron chi connectivity index (χ4n) is 2.36. The molecule has 0 radical (unpaired) electrons. The molecule has 0 saturated heterocycles. The number of benzene rings is 2. The lowest BCUT2D eigenvalue weighted by atomic mass is 10.2. The summed E-state index contributed by atoms with van der Waals surface area (Å²) < 4.78 is 31.9. The number of aromatic nitrogens is 1. The van der Waals surface area contributed by atoms with E-state index in [4.69, 9.17) is 4.52 Å². The first-order valence-corrected chi connectivity index (χ1v) is 11.0. The van der Waals surface area contributed by atoms with Crippen LogP contribution in [-0.2, 0) is 20.6 Å². The van der Waals surface area contributed by atoms with Crippen molar-refractivity contribution in [2.45, 2.75) is 17.6 Å². The first kappa shape index (κ1) is 20.0. The van der Waals surface area contributed by atoms with Gasteiger partial charge in [0.1, 0.15) is 5.76 Å². The molecule has 0 aliphatic heterocycles. The van der Waals surface area contributed by atoms with Gasteiger partial charge >= 0.3 is 0 Å². The van der Waals surface area contributed by atoms with Gasteiger partial charge in [0.2, 0.25) is 5.91 Å². The lowest BCUT2D eigenvalue weighted by molar-refractivity contribution is -0.113. The van der Waals surface area contributed by atoms with Gasteiger partial charge in [0.05, 0.1) is 10.6 Å². The van der Waals surface area contributed by atoms with Crippen molar-refractivity contribution in [3.05, 3.63) is 72.0 Å². The minimum atomic E-state index is -3.78. The van der Waals surface area contributed by atoms with Crippen LogP contribution in [0.5, 0.6) is 0 Å². The topological polar surface area (TPSA) is 101 Å². The highest BCUT2D eigenvalue weighted by atomic mass is 32.2. The summed E-state index contributed by atoms with van der Waals surface area (Å²) in [6, 6.07) is 17.3. The van der Waals surface area contributed by atoms with E-state index in [1.165, 1.54) is 30.0 Å². The third-order valence-electron chi connectivity index (χ3n) is 3.66. The number of thioether (sulfide) groups is 1. The summed E-state index contributed by atoms with van der Waals surface area (Å²) in [5.74, 6) is 1.53. The summed E-state index contributed by atoms with van der Waals surface area (Å²) in [7, 11) is -3.78. The van der Waals surface area contributed by atoms with Gasteiger partial charge in [0.15, 0.2) is 5.82 Å². The summed E-state index contributed by atoms with van der Waals surface area (Å²) in [5, 5.41) is 6.37. The predicted octanol–water partition coefficient (Wildman–Crippen LogP) is 3.66. The minimum absolute atomic E-state index is 0.0598. The molecule has 7 nitrogen and oxygen atoms in total. The standard InChI is InChI=1S/C19H19N3O4S2/c1-14-11-18(21-26-14)22-28(24,25)17-9-7-16(8-10-17)20-19(23)13-27-12-15-5-3-2-4-6-15/h2-11H,12-13H2,1H3,(H,20,23)(H,21,22). The molecule has 1 aromatic heterocycles. The van der Waals surface area contributed by atoms with Crippen molar-refractivity contribution in [1.29, 1.82) is 0 Å². The summed E-state index contributed by atoms with van der Waals surface area (Å²) in [6.45, 7) is 1.67. The van der Waals surface area contributed by atoms with Crippen LogP contribution in [0.25, 0.3) is 0 Å². The molecule has 9 heteroatoms. The Hall–Kier alpha value is -2.78. The highest BCUT2D eigenvalue weighted by Crippen LogP contribution is 2.19. The molecular weight excluding hydrogens is 398 g/mol. The van der Waals surface area contributed by atoms with Crippen LogP contribution in [0.1, 0.15) is 11.3 Å². The van der Waals surface area contributed by atoms with Crippen LogP contribution in [-0.4, -0.2) is 25.2 Å². The quantitative estimate of drug-likeness (QED) is 0.580. The van der Waals surface area contributed by atoms with Gasteiger partial charge in [-0.05, 0) is 36.8 Å². The molecule has 3 aromatic rings. The normalized spacial score (nSPS) is 11.2. The first-order valence-electron chi connectivity index (χ1n) is 8.40. The van der Waals surface area contributed by atoms with E-state index in [0.29, 0.717) is 17.2 Å². The molecule has 1 heterocycles. The number of nitrogens with zero attached hydrogens (tertiary/aromatic N) is 1. The monoisotopic (exact) mass is 417 g/mol. The average molecular weight is 418 g/mol. The summed E-state index contributed by atoms with van der Waals surface area (Å²) in [4.78, 5) is 12.1. The third-order valence-corrected chi connectivity index (χ3v) is 6.03. The SMILES string of the molecule is Cc1cc(NS(=O)(=O)c2ccc(NC(=O)CSCc3ccccc3)cc2)no1. The number of aryl methyl sites for hydroxylation is 1. The van der Waals surface area contributed by atoms with Crippen LogP contribution in [0, 0.1) is 6.92 Å². The number of nitrogens with one attached hydrogen (secondary N) is 2.